The van der Waals surface area contributed by atoms with Crippen LogP contribution in [0.2, 0.25) is 0 Å². The number of hydrogen-bond acceptors (Lipinski definition) is 2. The lowest BCUT2D eigenvalue weighted by molar-refractivity contribution is 0.185. The summed E-state index contributed by atoms with van der Waals surface area (Å²) in [7, 11) is 1.73. The van der Waals surface area contributed by atoms with E-state index in [0.717, 1.165) is 13.0 Å². The third-order valence-electron chi connectivity index (χ3n) is 3.74. The fraction of sp³-hybridized carbons (Fsp3) is 0.368. The average molecular weight is 283 g/mol. The molecule has 0 aliphatic carbocycles. The molecule has 1 N–H and O–H groups in total. The molecule has 2 rings (SSSR count). The van der Waals surface area contributed by atoms with Gasteiger partial charge in [0.2, 0.25) is 0 Å². The molecule has 0 aliphatic heterocycles. The van der Waals surface area contributed by atoms with E-state index in [9.17, 15) is 0 Å². The Balaban J connectivity index is 1.88. The van der Waals surface area contributed by atoms with Crippen LogP contribution < -0.4 is 5.32 Å². The van der Waals surface area contributed by atoms with Gasteiger partial charge in [-0.3, -0.25) is 0 Å². The Kier molecular flexibility index (Phi) is 5.97. The minimum atomic E-state index is 0.456. The standard InChI is InChI=1S/C19H25NO/c1-15-7-4-5-10-19(15)11-16(2)20-13-17-8-6-9-18(12-17)14-21-3/h4-10,12,16,20H,11,13-14H2,1-3H3. The van der Waals surface area contributed by atoms with Crippen LogP contribution in [-0.4, -0.2) is 13.2 Å². The van der Waals surface area contributed by atoms with Crippen molar-refractivity contribution < 1.29 is 4.74 Å². The van der Waals surface area contributed by atoms with Crippen LogP contribution in [0.15, 0.2) is 48.5 Å². The highest BCUT2D eigenvalue weighted by atomic mass is 16.5. The van der Waals surface area contributed by atoms with E-state index in [1.807, 2.05) is 0 Å². The van der Waals surface area contributed by atoms with Gasteiger partial charge >= 0.3 is 0 Å². The lowest BCUT2D eigenvalue weighted by Crippen LogP contribution is -2.27. The van der Waals surface area contributed by atoms with Crippen LogP contribution in [0.3, 0.4) is 0 Å². The zero-order chi connectivity index (χ0) is 15.1. The van der Waals surface area contributed by atoms with Gasteiger partial charge < -0.3 is 10.1 Å². The van der Waals surface area contributed by atoms with Gasteiger partial charge in [-0.2, -0.15) is 0 Å². The van der Waals surface area contributed by atoms with E-state index in [2.05, 4.69) is 67.7 Å². The zero-order valence-electron chi connectivity index (χ0n) is 13.2. The number of aryl methyl sites for hydroxylation is 1. The third-order valence-corrected chi connectivity index (χ3v) is 3.74. The van der Waals surface area contributed by atoms with Gasteiger partial charge in [0.05, 0.1) is 6.61 Å². The van der Waals surface area contributed by atoms with Gasteiger partial charge in [-0.15, -0.1) is 0 Å². The van der Waals surface area contributed by atoms with Crippen molar-refractivity contribution in [3.63, 3.8) is 0 Å². The van der Waals surface area contributed by atoms with E-state index in [4.69, 9.17) is 4.74 Å². The summed E-state index contributed by atoms with van der Waals surface area (Å²) in [5.74, 6) is 0. The van der Waals surface area contributed by atoms with Gasteiger partial charge in [-0.05, 0) is 42.5 Å². The van der Waals surface area contributed by atoms with Crippen molar-refractivity contribution in [3.8, 4) is 0 Å². The first-order valence-corrected chi connectivity index (χ1v) is 7.53. The molecule has 1 unspecified atom stereocenters. The maximum absolute atomic E-state index is 5.18. The van der Waals surface area contributed by atoms with Crippen LogP contribution in [0.1, 0.15) is 29.2 Å². The lowest BCUT2D eigenvalue weighted by Gasteiger charge is -2.15. The molecule has 0 radical (unpaired) electrons. The molecule has 2 aromatic rings. The highest BCUT2D eigenvalue weighted by Crippen LogP contribution is 2.11. The summed E-state index contributed by atoms with van der Waals surface area (Å²) >= 11 is 0. The van der Waals surface area contributed by atoms with Crippen LogP contribution in [0.5, 0.6) is 0 Å². The summed E-state index contributed by atoms with van der Waals surface area (Å²) < 4.78 is 5.18. The SMILES string of the molecule is COCc1cccc(CNC(C)Cc2ccccc2C)c1. The predicted molar refractivity (Wildman–Crippen MR) is 88.3 cm³/mol. The topological polar surface area (TPSA) is 21.3 Å². The summed E-state index contributed by atoms with van der Waals surface area (Å²) in [5, 5.41) is 3.60. The van der Waals surface area contributed by atoms with Crippen molar-refractivity contribution in [2.75, 3.05) is 7.11 Å². The van der Waals surface area contributed by atoms with Crippen LogP contribution in [0.25, 0.3) is 0 Å². The predicted octanol–water partition coefficient (Wildman–Crippen LogP) is 3.86. The molecule has 21 heavy (non-hydrogen) atoms. The third kappa shape index (κ3) is 5.00. The average Bonchev–Trinajstić information content (AvgIpc) is 2.48. The first-order chi connectivity index (χ1) is 10.2. The van der Waals surface area contributed by atoms with E-state index < -0.39 is 0 Å². The summed E-state index contributed by atoms with van der Waals surface area (Å²) in [4.78, 5) is 0. The van der Waals surface area contributed by atoms with E-state index in [1.165, 1.54) is 22.3 Å². The summed E-state index contributed by atoms with van der Waals surface area (Å²) in [6.07, 6.45) is 1.06. The lowest BCUT2D eigenvalue weighted by atomic mass is 10.0. The van der Waals surface area contributed by atoms with Crippen molar-refractivity contribution in [1.82, 2.24) is 5.32 Å². The van der Waals surface area contributed by atoms with E-state index in [0.29, 0.717) is 12.6 Å². The highest BCUT2D eigenvalue weighted by Gasteiger charge is 2.05. The molecule has 0 bridgehead atoms. The van der Waals surface area contributed by atoms with E-state index >= 15 is 0 Å². The number of rotatable bonds is 7. The first-order valence-electron chi connectivity index (χ1n) is 7.53. The number of nitrogens with one attached hydrogen (secondary N) is 1. The smallest absolute Gasteiger partial charge is 0.0713 e. The van der Waals surface area contributed by atoms with Crippen molar-refractivity contribution in [3.05, 3.63) is 70.8 Å². The Morgan fingerprint density at radius 3 is 2.57 bits per heavy atom. The van der Waals surface area contributed by atoms with Crippen molar-refractivity contribution in [2.45, 2.75) is 39.5 Å². The number of methoxy groups -OCH3 is 1. The van der Waals surface area contributed by atoms with Crippen LogP contribution in [0.4, 0.5) is 0 Å². The van der Waals surface area contributed by atoms with Crippen LogP contribution in [0, 0.1) is 6.92 Å². The Morgan fingerprint density at radius 2 is 1.81 bits per heavy atom. The fourth-order valence-corrected chi connectivity index (χ4v) is 2.53. The van der Waals surface area contributed by atoms with Gasteiger partial charge in [0.25, 0.3) is 0 Å². The van der Waals surface area contributed by atoms with E-state index in [1.54, 1.807) is 7.11 Å². The molecule has 0 aliphatic rings. The van der Waals surface area contributed by atoms with Gasteiger partial charge in [0, 0.05) is 19.7 Å². The second kappa shape index (κ2) is 7.96. The van der Waals surface area contributed by atoms with Crippen LogP contribution in [-0.2, 0) is 24.3 Å². The monoisotopic (exact) mass is 283 g/mol. The van der Waals surface area contributed by atoms with Gasteiger partial charge in [0.1, 0.15) is 0 Å². The second-order valence-corrected chi connectivity index (χ2v) is 5.67. The molecule has 0 heterocycles. The molecular formula is C19H25NO. The molecule has 0 saturated carbocycles. The zero-order valence-corrected chi connectivity index (χ0v) is 13.2. The fourth-order valence-electron chi connectivity index (χ4n) is 2.53. The Hall–Kier alpha value is -1.64. The molecule has 112 valence electrons. The molecule has 0 aromatic heterocycles. The second-order valence-electron chi connectivity index (χ2n) is 5.67. The molecule has 0 amide bonds. The molecule has 0 fully saturated rings. The first kappa shape index (κ1) is 15.7. The Morgan fingerprint density at radius 1 is 1.05 bits per heavy atom. The maximum atomic E-state index is 5.18. The molecule has 2 aromatic carbocycles. The van der Waals surface area contributed by atoms with Crippen molar-refractivity contribution >= 4 is 0 Å². The molecule has 2 nitrogen and oxygen atoms in total. The van der Waals surface area contributed by atoms with Crippen LogP contribution >= 0.6 is 0 Å². The molecular weight excluding hydrogens is 258 g/mol. The summed E-state index contributed by atoms with van der Waals surface area (Å²) in [6, 6.07) is 17.6. The number of benzene rings is 2. The van der Waals surface area contributed by atoms with Gasteiger partial charge in [0.15, 0.2) is 0 Å². The normalized spacial score (nSPS) is 12.3. The highest BCUT2D eigenvalue weighted by molar-refractivity contribution is 5.26. The summed E-state index contributed by atoms with van der Waals surface area (Å²) in [6.45, 7) is 5.99. The summed E-state index contributed by atoms with van der Waals surface area (Å²) in [5.41, 5.74) is 5.32. The van der Waals surface area contributed by atoms with Crippen molar-refractivity contribution in [1.29, 1.82) is 0 Å². The van der Waals surface area contributed by atoms with E-state index in [-0.39, 0.29) is 0 Å². The molecule has 2 heteroatoms. The van der Waals surface area contributed by atoms with Crippen molar-refractivity contribution in [2.24, 2.45) is 0 Å². The Bertz CT molecular complexity index is 565. The maximum Gasteiger partial charge on any atom is 0.0713 e. The Labute approximate surface area is 128 Å². The minimum Gasteiger partial charge on any atom is -0.380 e. The largest absolute Gasteiger partial charge is 0.380 e. The molecule has 1 atom stereocenters. The molecule has 0 spiro atoms. The number of ether oxygens (including phenoxy) is 1. The molecule has 0 saturated heterocycles. The minimum absolute atomic E-state index is 0.456. The van der Waals surface area contributed by atoms with Gasteiger partial charge in [-0.1, -0.05) is 48.5 Å². The van der Waals surface area contributed by atoms with Gasteiger partial charge in [-0.25, -0.2) is 0 Å². The number of hydrogen-bond donors (Lipinski definition) is 1. The quantitative estimate of drug-likeness (QED) is 0.833.